The number of hydrogen-bond donors (Lipinski definition) is 1. The van der Waals surface area contributed by atoms with E-state index in [2.05, 4.69) is 20.9 Å². The van der Waals surface area contributed by atoms with Crippen LogP contribution in [0.2, 0.25) is 0 Å². The van der Waals surface area contributed by atoms with Gasteiger partial charge in [0.25, 0.3) is 4.84 Å². The van der Waals surface area contributed by atoms with Crippen LogP contribution in [0.15, 0.2) is 63.5 Å². The zero-order valence-corrected chi connectivity index (χ0v) is 12.3. The van der Waals surface area contributed by atoms with E-state index < -0.39 is 0 Å². The molecule has 0 aliphatic heterocycles. The largest absolute Gasteiger partial charge is 0.429 e. The molecule has 1 N–H and O–H groups in total. The maximum absolute atomic E-state index is 5.64. The van der Waals surface area contributed by atoms with Crippen molar-refractivity contribution in [3.05, 3.63) is 63.9 Å². The minimum Gasteiger partial charge on any atom is -0.429 e. The van der Waals surface area contributed by atoms with Gasteiger partial charge in [0.2, 0.25) is 0 Å². The van der Waals surface area contributed by atoms with Gasteiger partial charge in [0.05, 0.1) is 5.69 Å². The first-order chi connectivity index (χ1) is 9.24. The Morgan fingerprint density at radius 2 is 1.58 bits per heavy atom. The van der Waals surface area contributed by atoms with Crippen LogP contribution in [0.4, 0.5) is 0 Å². The van der Waals surface area contributed by atoms with Crippen molar-refractivity contribution in [2.75, 3.05) is 0 Å². The molecule has 4 heteroatoms. The van der Waals surface area contributed by atoms with Crippen LogP contribution >= 0.6 is 28.1 Å². The Morgan fingerprint density at radius 3 is 2.26 bits per heavy atom. The molecule has 0 atom stereocenters. The molecule has 0 unspecified atom stereocenters. The van der Waals surface area contributed by atoms with Gasteiger partial charge in [0.15, 0.2) is 5.76 Å². The lowest BCUT2D eigenvalue weighted by atomic mass is 10.1. The highest BCUT2D eigenvalue weighted by molar-refractivity contribution is 9.10. The van der Waals surface area contributed by atoms with Crippen LogP contribution in [0.1, 0.15) is 0 Å². The molecule has 0 radical (unpaired) electrons. The van der Waals surface area contributed by atoms with Crippen LogP contribution in [0, 0.1) is 4.84 Å². The van der Waals surface area contributed by atoms with E-state index >= 15 is 0 Å². The lowest BCUT2D eigenvalue weighted by Crippen LogP contribution is -1.81. The highest BCUT2D eigenvalue weighted by Gasteiger charge is 2.12. The predicted octanol–water partition coefficient (Wildman–Crippen LogP) is 5.43. The standard InChI is InChI=1S/C15H10BrNOS/c16-12-8-6-11(7-9-12)14-13(17-15(19)18-14)10-4-2-1-3-5-10/h1-9H,(H,17,19). The predicted molar refractivity (Wildman–Crippen MR) is 82.5 cm³/mol. The molecular formula is C15H10BrNOS. The highest BCUT2D eigenvalue weighted by Crippen LogP contribution is 2.32. The van der Waals surface area contributed by atoms with Crippen molar-refractivity contribution in [3.8, 4) is 22.6 Å². The zero-order chi connectivity index (χ0) is 13.2. The van der Waals surface area contributed by atoms with E-state index in [1.54, 1.807) is 0 Å². The number of nitrogens with one attached hydrogen (secondary N) is 1. The fourth-order valence-electron chi connectivity index (χ4n) is 1.94. The number of benzene rings is 2. The lowest BCUT2D eigenvalue weighted by Gasteiger charge is -2.02. The average molecular weight is 332 g/mol. The molecule has 2 nitrogen and oxygen atoms in total. The second kappa shape index (κ2) is 5.15. The van der Waals surface area contributed by atoms with Gasteiger partial charge in [-0.2, -0.15) is 0 Å². The Bertz CT molecular complexity index is 744. The van der Waals surface area contributed by atoms with Gasteiger partial charge in [-0.05, 0) is 24.4 Å². The van der Waals surface area contributed by atoms with Crippen LogP contribution in [0.3, 0.4) is 0 Å². The summed E-state index contributed by atoms with van der Waals surface area (Å²) in [4.78, 5) is 3.50. The minimum atomic E-state index is 0.386. The van der Waals surface area contributed by atoms with E-state index in [1.807, 2.05) is 54.6 Å². The summed E-state index contributed by atoms with van der Waals surface area (Å²) in [6, 6.07) is 18.0. The van der Waals surface area contributed by atoms with Gasteiger partial charge < -0.3 is 9.40 Å². The van der Waals surface area contributed by atoms with Gasteiger partial charge in [-0.3, -0.25) is 0 Å². The first kappa shape index (κ1) is 12.4. The first-order valence-electron chi connectivity index (χ1n) is 5.78. The summed E-state index contributed by atoms with van der Waals surface area (Å²) >= 11 is 8.54. The molecule has 2 aromatic carbocycles. The highest BCUT2D eigenvalue weighted by atomic mass is 79.9. The average Bonchev–Trinajstić information content (AvgIpc) is 2.83. The molecule has 0 aliphatic rings. The Labute approximate surface area is 124 Å². The van der Waals surface area contributed by atoms with Gasteiger partial charge in [0.1, 0.15) is 0 Å². The van der Waals surface area contributed by atoms with Crippen LogP contribution in [-0.4, -0.2) is 4.98 Å². The fraction of sp³-hybridized carbons (Fsp3) is 0. The Hall–Kier alpha value is -1.65. The molecule has 3 aromatic rings. The van der Waals surface area contributed by atoms with Crippen molar-refractivity contribution in [3.63, 3.8) is 0 Å². The van der Waals surface area contributed by atoms with Crippen molar-refractivity contribution < 1.29 is 4.42 Å². The summed E-state index contributed by atoms with van der Waals surface area (Å²) in [5.41, 5.74) is 2.96. The van der Waals surface area contributed by atoms with Gasteiger partial charge in [-0.25, -0.2) is 0 Å². The van der Waals surface area contributed by atoms with E-state index in [4.69, 9.17) is 16.6 Å². The van der Waals surface area contributed by atoms with Crippen molar-refractivity contribution in [1.82, 2.24) is 4.98 Å². The number of aromatic amines is 1. The summed E-state index contributed by atoms with van der Waals surface area (Å²) in [6.45, 7) is 0. The fourth-order valence-corrected chi connectivity index (χ4v) is 2.39. The second-order valence-electron chi connectivity index (χ2n) is 4.09. The maximum Gasteiger partial charge on any atom is 0.266 e. The van der Waals surface area contributed by atoms with Crippen LogP contribution < -0.4 is 0 Å². The molecule has 0 aliphatic carbocycles. The van der Waals surface area contributed by atoms with E-state index in [-0.39, 0.29) is 0 Å². The molecule has 0 amide bonds. The van der Waals surface area contributed by atoms with Gasteiger partial charge >= 0.3 is 0 Å². The summed E-state index contributed by atoms with van der Waals surface area (Å²) in [6.07, 6.45) is 0. The molecule has 0 bridgehead atoms. The zero-order valence-electron chi connectivity index (χ0n) is 9.89. The molecule has 0 fully saturated rings. The third kappa shape index (κ3) is 2.55. The molecule has 3 rings (SSSR count). The minimum absolute atomic E-state index is 0.386. The van der Waals surface area contributed by atoms with E-state index in [1.165, 1.54) is 0 Å². The Balaban J connectivity index is 2.17. The third-order valence-corrected chi connectivity index (χ3v) is 3.53. The number of hydrogen-bond acceptors (Lipinski definition) is 2. The Morgan fingerprint density at radius 1 is 0.895 bits per heavy atom. The van der Waals surface area contributed by atoms with Gasteiger partial charge in [-0.1, -0.05) is 58.4 Å². The number of rotatable bonds is 2. The monoisotopic (exact) mass is 331 g/mol. The van der Waals surface area contributed by atoms with Crippen LogP contribution in [0.25, 0.3) is 22.6 Å². The molecule has 1 aromatic heterocycles. The number of halogens is 1. The number of oxazole rings is 1. The molecule has 0 saturated heterocycles. The summed E-state index contributed by atoms with van der Waals surface area (Å²) < 4.78 is 6.67. The summed E-state index contributed by atoms with van der Waals surface area (Å²) in [5, 5.41) is 0. The first-order valence-corrected chi connectivity index (χ1v) is 6.98. The van der Waals surface area contributed by atoms with Gasteiger partial charge in [-0.15, -0.1) is 0 Å². The SMILES string of the molecule is S=c1[nH]c(-c2ccccc2)c(-c2ccc(Br)cc2)o1. The topological polar surface area (TPSA) is 28.9 Å². The Kier molecular flexibility index (Phi) is 3.36. The lowest BCUT2D eigenvalue weighted by molar-refractivity contribution is 0.554. The molecule has 1 heterocycles. The third-order valence-electron chi connectivity index (χ3n) is 2.82. The number of aromatic nitrogens is 1. The molecule has 19 heavy (non-hydrogen) atoms. The van der Waals surface area contributed by atoms with E-state index in [0.29, 0.717) is 4.84 Å². The second-order valence-corrected chi connectivity index (χ2v) is 5.38. The van der Waals surface area contributed by atoms with E-state index in [0.717, 1.165) is 27.1 Å². The quantitative estimate of drug-likeness (QED) is 0.634. The molecular weight excluding hydrogens is 322 g/mol. The molecule has 0 spiro atoms. The van der Waals surface area contributed by atoms with Gasteiger partial charge in [0, 0.05) is 15.6 Å². The summed E-state index contributed by atoms with van der Waals surface area (Å²) in [5.74, 6) is 0.767. The molecule has 0 saturated carbocycles. The van der Waals surface area contributed by atoms with Crippen molar-refractivity contribution in [1.29, 1.82) is 0 Å². The van der Waals surface area contributed by atoms with Crippen LogP contribution in [0.5, 0.6) is 0 Å². The maximum atomic E-state index is 5.64. The van der Waals surface area contributed by atoms with Crippen molar-refractivity contribution in [2.45, 2.75) is 0 Å². The van der Waals surface area contributed by atoms with Crippen molar-refractivity contribution in [2.24, 2.45) is 0 Å². The van der Waals surface area contributed by atoms with Crippen molar-refractivity contribution >= 4 is 28.1 Å². The normalized spacial score (nSPS) is 10.6. The van der Waals surface area contributed by atoms with Crippen LogP contribution in [-0.2, 0) is 0 Å². The molecule has 94 valence electrons. The smallest absolute Gasteiger partial charge is 0.266 e. The van der Waals surface area contributed by atoms with E-state index in [9.17, 15) is 0 Å². The summed E-state index contributed by atoms with van der Waals surface area (Å²) in [7, 11) is 0. The number of H-pyrrole nitrogens is 1.